The van der Waals surface area contributed by atoms with Crippen molar-refractivity contribution in [1.29, 1.82) is 0 Å². The van der Waals surface area contributed by atoms with Gasteiger partial charge in [0.15, 0.2) is 0 Å². The number of pyridine rings is 2. The Balaban J connectivity index is 2.61. The summed E-state index contributed by atoms with van der Waals surface area (Å²) in [6.07, 6.45) is 5.14. The van der Waals surface area contributed by atoms with Crippen LogP contribution in [0.25, 0.3) is 11.1 Å². The van der Waals surface area contributed by atoms with Gasteiger partial charge < -0.3 is 0 Å². The minimum atomic E-state index is 0.487. The topological polar surface area (TPSA) is 25.8 Å². The van der Waals surface area contributed by atoms with E-state index in [1.165, 1.54) is 0 Å². The van der Waals surface area contributed by atoms with Crippen molar-refractivity contribution < 1.29 is 0 Å². The van der Waals surface area contributed by atoms with Gasteiger partial charge in [0.25, 0.3) is 0 Å². The highest BCUT2D eigenvalue weighted by Gasteiger charge is 2.06. The van der Waals surface area contributed by atoms with Crippen LogP contribution in [0.5, 0.6) is 0 Å². The third-order valence-corrected chi connectivity index (χ3v) is 2.81. The van der Waals surface area contributed by atoms with Gasteiger partial charge in [-0.1, -0.05) is 27.5 Å². The van der Waals surface area contributed by atoms with Crippen LogP contribution >= 0.6 is 27.5 Å². The van der Waals surface area contributed by atoms with Crippen LogP contribution in [0, 0.1) is 0 Å². The van der Waals surface area contributed by atoms with E-state index in [0.29, 0.717) is 5.15 Å². The van der Waals surface area contributed by atoms with Crippen molar-refractivity contribution in [2.24, 2.45) is 0 Å². The van der Waals surface area contributed by atoms with E-state index in [2.05, 4.69) is 25.9 Å². The molecule has 0 unspecified atom stereocenters. The Kier molecular flexibility index (Phi) is 2.79. The first-order chi connectivity index (χ1) is 6.79. The van der Waals surface area contributed by atoms with Crippen molar-refractivity contribution in [2.75, 3.05) is 0 Å². The van der Waals surface area contributed by atoms with Crippen molar-refractivity contribution in [2.45, 2.75) is 0 Å². The molecule has 0 fully saturated rings. The van der Waals surface area contributed by atoms with Crippen molar-refractivity contribution in [3.05, 3.63) is 46.4 Å². The van der Waals surface area contributed by atoms with Gasteiger partial charge >= 0.3 is 0 Å². The Morgan fingerprint density at radius 3 is 2.71 bits per heavy atom. The van der Waals surface area contributed by atoms with E-state index in [1.54, 1.807) is 18.6 Å². The summed E-state index contributed by atoms with van der Waals surface area (Å²) in [7, 11) is 0. The number of hydrogen-bond donors (Lipinski definition) is 0. The highest BCUT2D eigenvalue weighted by atomic mass is 79.9. The molecule has 70 valence electrons. The van der Waals surface area contributed by atoms with E-state index < -0.39 is 0 Å². The van der Waals surface area contributed by atoms with Crippen LogP contribution in [0.4, 0.5) is 0 Å². The van der Waals surface area contributed by atoms with Gasteiger partial charge in [0.2, 0.25) is 0 Å². The molecule has 2 aromatic rings. The summed E-state index contributed by atoms with van der Waals surface area (Å²) in [4.78, 5) is 8.06. The fraction of sp³-hybridized carbons (Fsp3) is 0. The van der Waals surface area contributed by atoms with Crippen LogP contribution in [0.1, 0.15) is 0 Å². The minimum Gasteiger partial charge on any atom is -0.264 e. The first-order valence-corrected chi connectivity index (χ1v) is 5.16. The zero-order valence-corrected chi connectivity index (χ0v) is 9.46. The third kappa shape index (κ3) is 1.79. The smallest absolute Gasteiger partial charge is 0.136 e. The summed E-state index contributed by atoms with van der Waals surface area (Å²) in [6, 6.07) is 5.64. The van der Waals surface area contributed by atoms with Gasteiger partial charge in [-0.15, -0.1) is 0 Å². The molecule has 2 nitrogen and oxygen atoms in total. The van der Waals surface area contributed by atoms with E-state index in [9.17, 15) is 0 Å². The van der Waals surface area contributed by atoms with Crippen LogP contribution in [0.15, 0.2) is 41.3 Å². The molecule has 0 saturated heterocycles. The maximum absolute atomic E-state index is 5.97. The van der Waals surface area contributed by atoms with Gasteiger partial charge in [-0.25, -0.2) is 4.98 Å². The second-order valence-electron chi connectivity index (χ2n) is 2.70. The van der Waals surface area contributed by atoms with Crippen LogP contribution in [0.3, 0.4) is 0 Å². The quantitative estimate of drug-likeness (QED) is 0.740. The van der Waals surface area contributed by atoms with E-state index in [-0.39, 0.29) is 0 Å². The Bertz CT molecular complexity index is 416. The van der Waals surface area contributed by atoms with Gasteiger partial charge in [0.1, 0.15) is 5.15 Å². The number of hydrogen-bond acceptors (Lipinski definition) is 2. The van der Waals surface area contributed by atoms with Crippen LogP contribution in [-0.4, -0.2) is 9.97 Å². The lowest BCUT2D eigenvalue weighted by atomic mass is 10.1. The zero-order valence-electron chi connectivity index (χ0n) is 7.11. The number of halogens is 2. The standard InChI is InChI=1S/C10H6BrClN2/c11-9-3-5-13-6-8(9)7-2-1-4-14-10(7)12/h1-6H. The van der Waals surface area contributed by atoms with E-state index in [1.807, 2.05) is 18.2 Å². The molecular weight excluding hydrogens is 263 g/mol. The lowest BCUT2D eigenvalue weighted by Crippen LogP contribution is -1.84. The van der Waals surface area contributed by atoms with Crippen LogP contribution in [-0.2, 0) is 0 Å². The van der Waals surface area contributed by atoms with Gasteiger partial charge in [0, 0.05) is 34.2 Å². The Morgan fingerprint density at radius 1 is 1.14 bits per heavy atom. The predicted molar refractivity (Wildman–Crippen MR) is 60.2 cm³/mol. The summed E-state index contributed by atoms with van der Waals surface area (Å²) >= 11 is 9.41. The highest BCUT2D eigenvalue weighted by molar-refractivity contribution is 9.10. The fourth-order valence-electron chi connectivity index (χ4n) is 1.16. The Labute approximate surface area is 95.1 Å². The molecule has 0 spiro atoms. The molecule has 0 atom stereocenters. The number of nitrogens with zero attached hydrogens (tertiary/aromatic N) is 2. The number of aromatic nitrogens is 2. The van der Waals surface area contributed by atoms with E-state index in [0.717, 1.165) is 15.6 Å². The average molecular weight is 270 g/mol. The monoisotopic (exact) mass is 268 g/mol. The second-order valence-corrected chi connectivity index (χ2v) is 3.91. The van der Waals surface area contributed by atoms with E-state index >= 15 is 0 Å². The molecule has 14 heavy (non-hydrogen) atoms. The molecule has 0 amide bonds. The molecule has 2 rings (SSSR count). The zero-order chi connectivity index (χ0) is 9.97. The molecule has 0 aliphatic heterocycles. The molecule has 0 radical (unpaired) electrons. The Morgan fingerprint density at radius 2 is 2.00 bits per heavy atom. The summed E-state index contributed by atoms with van der Waals surface area (Å²) in [5.74, 6) is 0. The highest BCUT2D eigenvalue weighted by Crippen LogP contribution is 2.30. The summed E-state index contributed by atoms with van der Waals surface area (Å²) in [6.45, 7) is 0. The number of rotatable bonds is 1. The lowest BCUT2D eigenvalue weighted by Gasteiger charge is -2.04. The molecule has 0 aliphatic carbocycles. The Hall–Kier alpha value is -0.930. The molecule has 0 aliphatic rings. The van der Waals surface area contributed by atoms with Crippen molar-refractivity contribution in [3.63, 3.8) is 0 Å². The third-order valence-electron chi connectivity index (χ3n) is 1.82. The molecule has 4 heteroatoms. The fourth-order valence-corrected chi connectivity index (χ4v) is 1.82. The average Bonchev–Trinajstić information content (AvgIpc) is 2.20. The van der Waals surface area contributed by atoms with Crippen molar-refractivity contribution in [3.8, 4) is 11.1 Å². The minimum absolute atomic E-state index is 0.487. The lowest BCUT2D eigenvalue weighted by molar-refractivity contribution is 1.29. The molecule has 0 saturated carbocycles. The normalized spacial score (nSPS) is 10.1. The first kappa shape index (κ1) is 9.62. The van der Waals surface area contributed by atoms with Crippen molar-refractivity contribution in [1.82, 2.24) is 9.97 Å². The SMILES string of the molecule is Clc1ncccc1-c1cnccc1Br. The maximum Gasteiger partial charge on any atom is 0.136 e. The molecular formula is C10H6BrClN2. The van der Waals surface area contributed by atoms with Crippen molar-refractivity contribution >= 4 is 27.5 Å². The molecule has 2 heterocycles. The summed E-state index contributed by atoms with van der Waals surface area (Å²) < 4.78 is 0.961. The molecule has 0 aromatic carbocycles. The molecule has 2 aromatic heterocycles. The van der Waals surface area contributed by atoms with Crippen LogP contribution in [0.2, 0.25) is 5.15 Å². The van der Waals surface area contributed by atoms with Gasteiger partial charge in [-0.3, -0.25) is 4.98 Å². The largest absolute Gasteiger partial charge is 0.264 e. The van der Waals surface area contributed by atoms with Crippen LogP contribution < -0.4 is 0 Å². The van der Waals surface area contributed by atoms with E-state index in [4.69, 9.17) is 11.6 Å². The van der Waals surface area contributed by atoms with Gasteiger partial charge in [-0.2, -0.15) is 0 Å². The molecule has 0 N–H and O–H groups in total. The predicted octanol–water partition coefficient (Wildman–Crippen LogP) is 3.56. The van der Waals surface area contributed by atoms with Gasteiger partial charge in [-0.05, 0) is 18.2 Å². The maximum atomic E-state index is 5.97. The second kappa shape index (κ2) is 4.07. The first-order valence-electron chi connectivity index (χ1n) is 3.99. The van der Waals surface area contributed by atoms with Gasteiger partial charge in [0.05, 0.1) is 0 Å². The summed E-state index contributed by atoms with van der Waals surface area (Å²) in [5, 5.41) is 0.487. The molecule has 0 bridgehead atoms. The summed E-state index contributed by atoms with van der Waals surface area (Å²) in [5.41, 5.74) is 1.83.